The van der Waals surface area contributed by atoms with Gasteiger partial charge in [0, 0.05) is 18.5 Å². The molecule has 0 atom stereocenters. The molecule has 0 radical (unpaired) electrons. The van der Waals surface area contributed by atoms with Crippen LogP contribution in [-0.4, -0.2) is 29.3 Å². The van der Waals surface area contributed by atoms with Crippen molar-refractivity contribution in [1.82, 2.24) is 5.32 Å². The van der Waals surface area contributed by atoms with E-state index in [0.717, 1.165) is 5.56 Å². The van der Waals surface area contributed by atoms with Crippen LogP contribution in [0.15, 0.2) is 18.2 Å². The minimum Gasteiger partial charge on any atom is -0.504 e. The van der Waals surface area contributed by atoms with Gasteiger partial charge in [0.15, 0.2) is 11.5 Å². The molecule has 0 saturated heterocycles. The Morgan fingerprint density at radius 1 is 1.44 bits per heavy atom. The van der Waals surface area contributed by atoms with Crippen LogP contribution in [0.1, 0.15) is 25.3 Å². The van der Waals surface area contributed by atoms with E-state index in [9.17, 15) is 9.90 Å². The first-order valence-electron chi connectivity index (χ1n) is 6.01. The van der Waals surface area contributed by atoms with Crippen molar-refractivity contribution in [2.45, 2.75) is 26.3 Å². The first kappa shape index (κ1) is 14.3. The molecule has 1 aromatic rings. The van der Waals surface area contributed by atoms with E-state index in [1.807, 2.05) is 19.1 Å². The number of carbonyl (C=O) groups is 1. The predicted molar refractivity (Wildman–Crippen MR) is 67.9 cm³/mol. The Hall–Kier alpha value is -1.75. The zero-order valence-corrected chi connectivity index (χ0v) is 10.5. The second-order valence-corrected chi connectivity index (χ2v) is 3.87. The largest absolute Gasteiger partial charge is 0.504 e. The van der Waals surface area contributed by atoms with Crippen LogP contribution >= 0.6 is 0 Å². The highest BCUT2D eigenvalue weighted by Crippen LogP contribution is 2.29. The molecule has 0 unspecified atom stereocenters. The molecule has 0 heterocycles. The maximum Gasteiger partial charge on any atom is 0.303 e. The highest BCUT2D eigenvalue weighted by Gasteiger charge is 2.07. The highest BCUT2D eigenvalue weighted by molar-refractivity contribution is 5.66. The summed E-state index contributed by atoms with van der Waals surface area (Å²) >= 11 is 0. The fraction of sp³-hybridized carbons (Fsp3) is 0.462. The predicted octanol–water partition coefficient (Wildman–Crippen LogP) is 1.75. The van der Waals surface area contributed by atoms with Crippen molar-refractivity contribution < 1.29 is 19.7 Å². The van der Waals surface area contributed by atoms with E-state index in [1.54, 1.807) is 6.07 Å². The molecule has 0 spiro atoms. The van der Waals surface area contributed by atoms with Crippen LogP contribution in [-0.2, 0) is 11.3 Å². The van der Waals surface area contributed by atoms with Crippen LogP contribution in [0.4, 0.5) is 0 Å². The van der Waals surface area contributed by atoms with Gasteiger partial charge in [-0.2, -0.15) is 0 Å². The topological polar surface area (TPSA) is 78.8 Å². The molecular weight excluding hydrogens is 234 g/mol. The number of aliphatic carboxylic acids is 1. The Labute approximate surface area is 106 Å². The second kappa shape index (κ2) is 7.55. The van der Waals surface area contributed by atoms with Gasteiger partial charge in [-0.25, -0.2) is 0 Å². The third-order valence-electron chi connectivity index (χ3n) is 2.44. The molecule has 100 valence electrons. The Kier molecular flexibility index (Phi) is 6.00. The van der Waals surface area contributed by atoms with Crippen LogP contribution in [0.2, 0.25) is 0 Å². The first-order valence-corrected chi connectivity index (χ1v) is 6.01. The summed E-state index contributed by atoms with van der Waals surface area (Å²) in [5.74, 6) is -0.176. The highest BCUT2D eigenvalue weighted by atomic mass is 16.5. The fourth-order valence-corrected chi connectivity index (χ4v) is 1.57. The summed E-state index contributed by atoms with van der Waals surface area (Å²) < 4.78 is 5.28. The van der Waals surface area contributed by atoms with Gasteiger partial charge >= 0.3 is 5.97 Å². The van der Waals surface area contributed by atoms with E-state index in [4.69, 9.17) is 9.84 Å². The van der Waals surface area contributed by atoms with E-state index in [1.165, 1.54) is 0 Å². The third kappa shape index (κ3) is 4.63. The van der Waals surface area contributed by atoms with Crippen molar-refractivity contribution in [2.24, 2.45) is 0 Å². The summed E-state index contributed by atoms with van der Waals surface area (Å²) in [5.41, 5.74) is 0.747. The van der Waals surface area contributed by atoms with Gasteiger partial charge < -0.3 is 20.3 Å². The number of aromatic hydroxyl groups is 1. The molecule has 1 rings (SSSR count). The van der Waals surface area contributed by atoms with Crippen LogP contribution in [0.3, 0.4) is 0 Å². The maximum absolute atomic E-state index is 10.3. The van der Waals surface area contributed by atoms with Crippen LogP contribution in [0, 0.1) is 0 Å². The maximum atomic E-state index is 10.3. The lowest BCUT2D eigenvalue weighted by Gasteiger charge is -2.10. The molecule has 18 heavy (non-hydrogen) atoms. The molecule has 0 saturated carbocycles. The van der Waals surface area contributed by atoms with Crippen molar-refractivity contribution in [2.75, 3.05) is 13.2 Å². The number of phenolic OH excluding ortho intramolecular Hbond substituents is 1. The molecule has 0 aliphatic heterocycles. The van der Waals surface area contributed by atoms with Gasteiger partial charge in [-0.05, 0) is 26.0 Å². The van der Waals surface area contributed by atoms with Gasteiger partial charge in [0.25, 0.3) is 0 Å². The fourth-order valence-electron chi connectivity index (χ4n) is 1.57. The molecule has 0 aliphatic rings. The van der Waals surface area contributed by atoms with Gasteiger partial charge in [0.05, 0.1) is 6.61 Å². The molecule has 0 fully saturated rings. The zero-order chi connectivity index (χ0) is 13.4. The van der Waals surface area contributed by atoms with Gasteiger partial charge in [-0.1, -0.05) is 12.1 Å². The van der Waals surface area contributed by atoms with E-state index in [2.05, 4.69) is 5.32 Å². The Bertz CT molecular complexity index is 393. The summed E-state index contributed by atoms with van der Waals surface area (Å²) in [6.07, 6.45) is 0.721. The van der Waals surface area contributed by atoms with E-state index < -0.39 is 5.97 Å². The lowest BCUT2D eigenvalue weighted by atomic mass is 10.2. The van der Waals surface area contributed by atoms with Gasteiger partial charge in [-0.3, -0.25) is 4.79 Å². The number of carboxylic acids is 1. The number of carboxylic acid groups (broad SMARTS) is 1. The van der Waals surface area contributed by atoms with E-state index in [-0.39, 0.29) is 12.2 Å². The Balaban J connectivity index is 2.42. The number of hydrogen-bond acceptors (Lipinski definition) is 4. The molecule has 3 N–H and O–H groups in total. The molecule has 0 aromatic heterocycles. The number of ether oxygens (including phenoxy) is 1. The number of nitrogens with one attached hydrogen (secondary N) is 1. The summed E-state index contributed by atoms with van der Waals surface area (Å²) in [6.45, 7) is 3.45. The molecule has 0 amide bonds. The average Bonchev–Trinajstić information content (AvgIpc) is 2.33. The van der Waals surface area contributed by atoms with Crippen LogP contribution < -0.4 is 10.1 Å². The zero-order valence-electron chi connectivity index (χ0n) is 10.5. The summed E-state index contributed by atoms with van der Waals surface area (Å²) in [6, 6.07) is 5.34. The van der Waals surface area contributed by atoms with Gasteiger partial charge in [0.1, 0.15) is 0 Å². The smallest absolute Gasteiger partial charge is 0.303 e. The monoisotopic (exact) mass is 253 g/mol. The van der Waals surface area contributed by atoms with Gasteiger partial charge in [-0.15, -0.1) is 0 Å². The van der Waals surface area contributed by atoms with Crippen LogP contribution in [0.5, 0.6) is 11.5 Å². The third-order valence-corrected chi connectivity index (χ3v) is 2.44. The first-order chi connectivity index (χ1) is 8.65. The Morgan fingerprint density at radius 2 is 2.22 bits per heavy atom. The lowest BCUT2D eigenvalue weighted by Crippen LogP contribution is -2.16. The molecule has 5 nitrogen and oxygen atoms in total. The molecule has 1 aromatic carbocycles. The lowest BCUT2D eigenvalue weighted by molar-refractivity contribution is -0.137. The van der Waals surface area contributed by atoms with Gasteiger partial charge in [0.2, 0.25) is 0 Å². The SMILES string of the molecule is CCOc1cccc(CNCCCC(=O)O)c1O. The Morgan fingerprint density at radius 3 is 2.89 bits per heavy atom. The van der Waals surface area contributed by atoms with Crippen molar-refractivity contribution in [3.05, 3.63) is 23.8 Å². The summed E-state index contributed by atoms with van der Waals surface area (Å²) in [7, 11) is 0. The number of phenols is 1. The number of para-hydroxylation sites is 1. The standard InChI is InChI=1S/C13H19NO4/c1-2-18-11-6-3-5-10(13(11)17)9-14-8-4-7-12(15)16/h3,5-6,14,17H,2,4,7-9H2,1H3,(H,15,16). The molecule has 0 bridgehead atoms. The number of hydrogen-bond donors (Lipinski definition) is 3. The quantitative estimate of drug-likeness (QED) is 0.615. The number of rotatable bonds is 8. The normalized spacial score (nSPS) is 10.3. The van der Waals surface area contributed by atoms with Crippen LogP contribution in [0.25, 0.3) is 0 Å². The van der Waals surface area contributed by atoms with Crippen molar-refractivity contribution in [3.8, 4) is 11.5 Å². The molecule has 0 aliphatic carbocycles. The minimum atomic E-state index is -0.794. The summed E-state index contributed by atoms with van der Waals surface area (Å²) in [5, 5.41) is 21.5. The summed E-state index contributed by atoms with van der Waals surface area (Å²) in [4.78, 5) is 10.3. The van der Waals surface area contributed by atoms with E-state index in [0.29, 0.717) is 31.9 Å². The minimum absolute atomic E-state index is 0.144. The number of benzene rings is 1. The van der Waals surface area contributed by atoms with Crippen molar-refractivity contribution in [3.63, 3.8) is 0 Å². The van der Waals surface area contributed by atoms with Crippen molar-refractivity contribution in [1.29, 1.82) is 0 Å². The van der Waals surface area contributed by atoms with E-state index >= 15 is 0 Å². The average molecular weight is 253 g/mol. The second-order valence-electron chi connectivity index (χ2n) is 3.87. The molecular formula is C13H19NO4. The molecule has 5 heteroatoms. The van der Waals surface area contributed by atoms with Crippen molar-refractivity contribution >= 4 is 5.97 Å².